The van der Waals surface area contributed by atoms with Gasteiger partial charge in [0.15, 0.2) is 0 Å². The molecule has 0 saturated carbocycles. The third-order valence-electron chi connectivity index (χ3n) is 4.81. The van der Waals surface area contributed by atoms with Crippen LogP contribution < -0.4 is 10.2 Å². The van der Waals surface area contributed by atoms with E-state index in [2.05, 4.69) is 5.32 Å². The number of hydrogen-bond acceptors (Lipinski definition) is 5. The van der Waals surface area contributed by atoms with Gasteiger partial charge in [-0.1, -0.05) is 0 Å². The molecule has 0 atom stereocenters. The Labute approximate surface area is 159 Å². The van der Waals surface area contributed by atoms with Gasteiger partial charge in [-0.3, -0.25) is 4.79 Å². The van der Waals surface area contributed by atoms with E-state index in [1.165, 1.54) is 7.11 Å². The predicted octanol–water partition coefficient (Wildman–Crippen LogP) is 2.65. The number of nitrogens with zero attached hydrogens (tertiary/aromatic N) is 2. The van der Waals surface area contributed by atoms with Gasteiger partial charge in [-0.25, -0.2) is 9.59 Å². The number of amides is 2. The molecule has 1 aliphatic rings. The molecule has 8 heteroatoms. The number of piperidine rings is 1. The molecule has 1 aliphatic heterocycles. The number of urea groups is 1. The molecular weight excluding hydrogens is 350 g/mol. The fraction of sp³-hybridized carbons (Fsp3) is 0.526. The van der Waals surface area contributed by atoms with Crippen molar-refractivity contribution >= 4 is 29.3 Å². The van der Waals surface area contributed by atoms with Gasteiger partial charge in [-0.15, -0.1) is 0 Å². The first-order valence-electron chi connectivity index (χ1n) is 8.99. The number of rotatable bonds is 6. The highest BCUT2D eigenvalue weighted by Gasteiger charge is 2.24. The van der Waals surface area contributed by atoms with Crippen LogP contribution in [0.15, 0.2) is 18.2 Å². The molecule has 0 radical (unpaired) electrons. The van der Waals surface area contributed by atoms with Gasteiger partial charge in [0.2, 0.25) is 0 Å². The van der Waals surface area contributed by atoms with E-state index in [1.807, 2.05) is 19.0 Å². The first-order valence-corrected chi connectivity index (χ1v) is 8.99. The number of esters is 1. The highest BCUT2D eigenvalue weighted by atomic mass is 16.5. The highest BCUT2D eigenvalue weighted by Crippen LogP contribution is 2.28. The first-order chi connectivity index (χ1) is 12.8. The van der Waals surface area contributed by atoms with Gasteiger partial charge >= 0.3 is 18.0 Å². The van der Waals surface area contributed by atoms with Crippen molar-refractivity contribution in [3.05, 3.63) is 23.8 Å². The summed E-state index contributed by atoms with van der Waals surface area (Å²) in [7, 11) is 4.99. The topological polar surface area (TPSA) is 99.2 Å². The number of methoxy groups -OCH3 is 1. The van der Waals surface area contributed by atoms with Crippen LogP contribution in [0.25, 0.3) is 0 Å². The molecule has 0 aromatic heterocycles. The zero-order valence-electron chi connectivity index (χ0n) is 16.0. The van der Waals surface area contributed by atoms with Crippen molar-refractivity contribution in [1.29, 1.82) is 0 Å². The van der Waals surface area contributed by atoms with E-state index in [-0.39, 0.29) is 12.5 Å². The van der Waals surface area contributed by atoms with Crippen molar-refractivity contribution in [2.24, 2.45) is 5.92 Å². The highest BCUT2D eigenvalue weighted by molar-refractivity contribution is 5.96. The lowest BCUT2D eigenvalue weighted by molar-refractivity contribution is -0.137. The Morgan fingerprint density at radius 3 is 2.48 bits per heavy atom. The van der Waals surface area contributed by atoms with Gasteiger partial charge in [0.1, 0.15) is 0 Å². The Balaban J connectivity index is 1.99. The van der Waals surface area contributed by atoms with E-state index >= 15 is 0 Å². The summed E-state index contributed by atoms with van der Waals surface area (Å²) in [5.41, 5.74) is 1.74. The number of hydrogen-bond donors (Lipinski definition) is 2. The number of likely N-dealkylation sites (tertiary alicyclic amines) is 1. The molecule has 2 N–H and O–H groups in total. The first kappa shape index (κ1) is 20.5. The van der Waals surface area contributed by atoms with Crippen molar-refractivity contribution in [2.45, 2.75) is 25.7 Å². The monoisotopic (exact) mass is 377 g/mol. The van der Waals surface area contributed by atoms with Crippen LogP contribution in [0.2, 0.25) is 0 Å². The van der Waals surface area contributed by atoms with E-state index in [9.17, 15) is 14.4 Å². The van der Waals surface area contributed by atoms with Gasteiger partial charge in [0, 0.05) is 33.6 Å². The number of carbonyl (C=O) groups is 3. The second kappa shape index (κ2) is 9.25. The zero-order chi connectivity index (χ0) is 20.0. The molecule has 1 heterocycles. The minimum atomic E-state index is -0.776. The number of anilines is 2. The predicted molar refractivity (Wildman–Crippen MR) is 102 cm³/mol. The number of carboxylic acid groups (broad SMARTS) is 1. The third-order valence-corrected chi connectivity index (χ3v) is 4.81. The SMILES string of the molecule is COC(=O)c1ccc(NC(=O)N2CCC(CCC(=O)O)CC2)c(N(C)C)c1. The molecule has 1 aromatic rings. The van der Waals surface area contributed by atoms with Crippen molar-refractivity contribution in [2.75, 3.05) is 44.5 Å². The van der Waals surface area contributed by atoms with Crippen molar-refractivity contribution in [3.63, 3.8) is 0 Å². The number of ether oxygens (including phenoxy) is 1. The molecular formula is C19H27N3O5. The summed E-state index contributed by atoms with van der Waals surface area (Å²) in [6.07, 6.45) is 2.45. The smallest absolute Gasteiger partial charge is 0.337 e. The fourth-order valence-corrected chi connectivity index (χ4v) is 3.20. The minimum absolute atomic E-state index is 0.176. The van der Waals surface area contributed by atoms with Crippen LogP contribution in [-0.4, -0.2) is 62.3 Å². The zero-order valence-corrected chi connectivity index (χ0v) is 16.0. The third kappa shape index (κ3) is 5.60. The number of benzene rings is 1. The van der Waals surface area contributed by atoms with E-state index < -0.39 is 11.9 Å². The summed E-state index contributed by atoms with van der Waals surface area (Å²) in [6.45, 7) is 1.21. The summed E-state index contributed by atoms with van der Waals surface area (Å²) in [4.78, 5) is 38.6. The maximum absolute atomic E-state index is 12.6. The van der Waals surface area contributed by atoms with Gasteiger partial charge in [0.05, 0.1) is 24.0 Å². The number of aliphatic carboxylic acids is 1. The van der Waals surface area contributed by atoms with Gasteiger partial charge in [0.25, 0.3) is 0 Å². The number of carbonyl (C=O) groups excluding carboxylic acids is 2. The van der Waals surface area contributed by atoms with Gasteiger partial charge in [-0.2, -0.15) is 0 Å². The molecule has 2 amide bonds. The molecule has 0 aliphatic carbocycles. The second-order valence-corrected chi connectivity index (χ2v) is 6.91. The molecule has 27 heavy (non-hydrogen) atoms. The Morgan fingerprint density at radius 1 is 1.26 bits per heavy atom. The minimum Gasteiger partial charge on any atom is -0.481 e. The van der Waals surface area contributed by atoms with Crippen LogP contribution in [0.4, 0.5) is 16.2 Å². The summed E-state index contributed by atoms with van der Waals surface area (Å²) in [5, 5.41) is 11.7. The maximum Gasteiger partial charge on any atom is 0.337 e. The van der Waals surface area contributed by atoms with Crippen LogP contribution in [0.1, 0.15) is 36.0 Å². The van der Waals surface area contributed by atoms with Crippen LogP contribution in [0.3, 0.4) is 0 Å². The fourth-order valence-electron chi connectivity index (χ4n) is 3.20. The Kier molecular flexibility index (Phi) is 7.04. The van der Waals surface area contributed by atoms with Crippen molar-refractivity contribution in [3.8, 4) is 0 Å². The maximum atomic E-state index is 12.6. The molecule has 8 nitrogen and oxygen atoms in total. The quantitative estimate of drug-likeness (QED) is 0.740. The van der Waals surface area contributed by atoms with Crippen molar-refractivity contribution in [1.82, 2.24) is 4.90 Å². The molecule has 1 fully saturated rings. The Morgan fingerprint density at radius 2 is 1.93 bits per heavy atom. The molecule has 0 bridgehead atoms. The van der Waals surface area contributed by atoms with Crippen LogP contribution >= 0.6 is 0 Å². The van der Waals surface area contributed by atoms with Crippen LogP contribution in [0, 0.1) is 5.92 Å². The average Bonchev–Trinajstić information content (AvgIpc) is 2.66. The van der Waals surface area contributed by atoms with Gasteiger partial charge < -0.3 is 25.0 Å². The second-order valence-electron chi connectivity index (χ2n) is 6.91. The van der Waals surface area contributed by atoms with E-state index in [0.717, 1.165) is 12.8 Å². The summed E-state index contributed by atoms with van der Waals surface area (Å²) in [5.74, 6) is -0.858. The van der Waals surface area contributed by atoms with Crippen LogP contribution in [0.5, 0.6) is 0 Å². The largest absolute Gasteiger partial charge is 0.481 e. The average molecular weight is 377 g/mol. The lowest BCUT2D eigenvalue weighted by atomic mass is 9.92. The number of carboxylic acids is 1. The van der Waals surface area contributed by atoms with Crippen LogP contribution in [-0.2, 0) is 9.53 Å². The molecule has 1 aromatic carbocycles. The summed E-state index contributed by atoms with van der Waals surface area (Å²) < 4.78 is 4.74. The molecule has 0 spiro atoms. The molecule has 1 saturated heterocycles. The normalized spacial score (nSPS) is 14.6. The summed E-state index contributed by atoms with van der Waals surface area (Å²) >= 11 is 0. The Hall–Kier alpha value is -2.77. The van der Waals surface area contributed by atoms with Gasteiger partial charge in [-0.05, 0) is 43.4 Å². The molecule has 148 valence electrons. The van der Waals surface area contributed by atoms with Crippen molar-refractivity contribution < 1.29 is 24.2 Å². The summed E-state index contributed by atoms with van der Waals surface area (Å²) in [6, 6.07) is 4.80. The lowest BCUT2D eigenvalue weighted by Gasteiger charge is -2.32. The number of nitrogens with one attached hydrogen (secondary N) is 1. The van der Waals surface area contributed by atoms with E-state index in [4.69, 9.17) is 9.84 Å². The van der Waals surface area contributed by atoms with E-state index in [0.29, 0.717) is 42.4 Å². The standard InChI is InChI=1S/C19H27N3O5/c1-21(2)16-12-14(18(25)27-3)5-6-15(16)20-19(26)22-10-8-13(9-11-22)4-7-17(23)24/h5-6,12-13H,4,7-11H2,1-3H3,(H,20,26)(H,23,24). The molecule has 0 unspecified atom stereocenters. The molecule has 2 rings (SSSR count). The van der Waals surface area contributed by atoms with E-state index in [1.54, 1.807) is 23.1 Å². The Bertz CT molecular complexity index is 697. The lowest BCUT2D eigenvalue weighted by Crippen LogP contribution is -2.41.